The first-order valence-corrected chi connectivity index (χ1v) is 14.6. The summed E-state index contributed by atoms with van der Waals surface area (Å²) in [5.74, 6) is -2.07. The fourth-order valence-electron chi connectivity index (χ4n) is 3.44. The fourth-order valence-corrected chi connectivity index (χ4v) is 3.44. The van der Waals surface area contributed by atoms with Gasteiger partial charge in [0.05, 0.1) is 23.8 Å². The Kier molecular flexibility index (Phi) is 23.5. The van der Waals surface area contributed by atoms with Crippen molar-refractivity contribution in [3.63, 3.8) is 0 Å². The number of unbranched alkanes of at least 4 members (excludes halogenated alkanes) is 4. The summed E-state index contributed by atoms with van der Waals surface area (Å²) in [5.41, 5.74) is 7.21. The maximum Gasteiger partial charge on any atom is 0.303 e. The van der Waals surface area contributed by atoms with Crippen LogP contribution in [-0.4, -0.2) is 77.3 Å². The number of carbonyl (C=O) groups is 4. The molecule has 0 bridgehead atoms. The van der Waals surface area contributed by atoms with E-state index in [-0.39, 0.29) is 35.6 Å². The highest BCUT2D eigenvalue weighted by atomic mass is 16.4. The minimum atomic E-state index is -0.759. The lowest BCUT2D eigenvalue weighted by atomic mass is 10.1. The van der Waals surface area contributed by atoms with E-state index in [0.717, 1.165) is 19.3 Å². The van der Waals surface area contributed by atoms with Crippen LogP contribution >= 0.6 is 0 Å². The van der Waals surface area contributed by atoms with Gasteiger partial charge in [-0.25, -0.2) is 10.9 Å². The van der Waals surface area contributed by atoms with E-state index in [1.54, 1.807) is 73.6 Å². The zero-order chi connectivity index (χ0) is 34.0. The van der Waals surface area contributed by atoms with Gasteiger partial charge in [-0.15, -0.1) is 0 Å². The second-order valence-corrected chi connectivity index (χ2v) is 9.43. The van der Waals surface area contributed by atoms with Crippen LogP contribution in [0.15, 0.2) is 108 Å². The van der Waals surface area contributed by atoms with Crippen molar-refractivity contribution in [3.05, 3.63) is 120 Å². The van der Waals surface area contributed by atoms with Crippen molar-refractivity contribution >= 4 is 36.2 Å². The number of carboxylic acids is 2. The van der Waals surface area contributed by atoms with E-state index >= 15 is 0 Å². The number of pyridine rings is 4. The Morgan fingerprint density at radius 3 is 1.24 bits per heavy atom. The molecule has 0 aromatic carbocycles. The van der Waals surface area contributed by atoms with Gasteiger partial charge in [-0.1, -0.05) is 31.4 Å². The van der Waals surface area contributed by atoms with Gasteiger partial charge in [0.2, 0.25) is 0 Å². The average molecular weight is 677 g/mol. The Morgan fingerprint density at radius 2 is 0.918 bits per heavy atom. The largest absolute Gasteiger partial charge is 0.481 e. The van der Waals surface area contributed by atoms with Crippen LogP contribution in [0.4, 0.5) is 0 Å². The molecule has 16 heteroatoms. The van der Waals surface area contributed by atoms with Crippen LogP contribution in [0, 0.1) is 0 Å². The van der Waals surface area contributed by atoms with Gasteiger partial charge in [-0.2, -0.15) is 10.2 Å². The molecular formula is C33H40N8O8. The zero-order valence-corrected chi connectivity index (χ0v) is 26.6. The SMILES string of the molecule is O.O.O=C(N/N=C/c1ccccn1)c1ccncc1.O=C(N/N=C/c1ccccn1)c1ccncc1.O=C(O)CCCCCCCC(=O)O. The molecule has 0 saturated heterocycles. The first-order valence-electron chi connectivity index (χ1n) is 14.6. The fraction of sp³-hybridized carbons (Fsp3) is 0.212. The molecule has 0 fully saturated rings. The molecule has 0 aliphatic rings. The van der Waals surface area contributed by atoms with Crippen LogP contribution in [-0.2, 0) is 9.59 Å². The topological polar surface area (TPSA) is 272 Å². The van der Waals surface area contributed by atoms with Crippen LogP contribution in [0.25, 0.3) is 0 Å². The number of hydrogen-bond acceptors (Lipinski definition) is 10. The van der Waals surface area contributed by atoms with E-state index in [9.17, 15) is 19.2 Å². The maximum absolute atomic E-state index is 11.6. The normalized spacial score (nSPS) is 9.80. The number of nitrogens with zero attached hydrogens (tertiary/aromatic N) is 6. The van der Waals surface area contributed by atoms with E-state index < -0.39 is 11.9 Å². The minimum Gasteiger partial charge on any atom is -0.481 e. The summed E-state index contributed by atoms with van der Waals surface area (Å²) < 4.78 is 0. The molecule has 260 valence electrons. The molecule has 0 saturated carbocycles. The predicted octanol–water partition coefficient (Wildman–Crippen LogP) is 2.72. The number of carboxylic acid groups (broad SMARTS) is 2. The molecule has 49 heavy (non-hydrogen) atoms. The Morgan fingerprint density at radius 1 is 0.551 bits per heavy atom. The summed E-state index contributed by atoms with van der Waals surface area (Å²) in [5, 5.41) is 24.2. The van der Waals surface area contributed by atoms with Gasteiger partial charge in [0.25, 0.3) is 11.8 Å². The van der Waals surface area contributed by atoms with Gasteiger partial charge in [-0.05, 0) is 61.4 Å². The highest BCUT2D eigenvalue weighted by Crippen LogP contribution is 2.07. The Bertz CT molecular complexity index is 1430. The van der Waals surface area contributed by atoms with Crippen LogP contribution in [0.2, 0.25) is 0 Å². The van der Waals surface area contributed by atoms with Crippen molar-refractivity contribution in [1.29, 1.82) is 0 Å². The Labute approximate surface area is 282 Å². The number of hydrazone groups is 2. The molecule has 4 aromatic rings. The zero-order valence-electron chi connectivity index (χ0n) is 26.6. The van der Waals surface area contributed by atoms with Gasteiger partial charge in [0.1, 0.15) is 0 Å². The number of aliphatic carboxylic acids is 2. The van der Waals surface area contributed by atoms with Crippen LogP contribution in [0.5, 0.6) is 0 Å². The molecule has 4 heterocycles. The van der Waals surface area contributed by atoms with Crippen LogP contribution in [0.3, 0.4) is 0 Å². The van der Waals surface area contributed by atoms with Gasteiger partial charge in [-0.3, -0.25) is 39.1 Å². The first-order chi connectivity index (χ1) is 22.8. The third kappa shape index (κ3) is 21.2. The predicted molar refractivity (Wildman–Crippen MR) is 182 cm³/mol. The number of carbonyl (C=O) groups excluding carboxylic acids is 2. The molecule has 0 aliphatic heterocycles. The summed E-state index contributed by atoms with van der Waals surface area (Å²) >= 11 is 0. The molecule has 2 amide bonds. The second kappa shape index (κ2) is 26.9. The molecule has 8 N–H and O–H groups in total. The third-order valence-corrected chi connectivity index (χ3v) is 5.77. The Hall–Kier alpha value is -6.26. The molecular weight excluding hydrogens is 636 g/mol. The van der Waals surface area contributed by atoms with Crippen LogP contribution < -0.4 is 10.9 Å². The number of hydrogen-bond donors (Lipinski definition) is 4. The smallest absolute Gasteiger partial charge is 0.303 e. The molecule has 4 rings (SSSR count). The summed E-state index contributed by atoms with van der Waals surface area (Å²) in [6, 6.07) is 17.4. The second-order valence-electron chi connectivity index (χ2n) is 9.43. The third-order valence-electron chi connectivity index (χ3n) is 5.77. The standard InChI is InChI=1S/2C12H10N4O.C9H16O4.2H2O/c2*17-12(10-4-7-13-8-5-10)16-15-9-11-3-1-2-6-14-11;10-8(11)6-4-2-1-3-5-7-9(12)13;;/h2*1-9H,(H,16,17);1-7H2,(H,10,11)(H,12,13);2*1H2/b2*15-9+;;;. The highest BCUT2D eigenvalue weighted by molar-refractivity contribution is 5.95. The van der Waals surface area contributed by atoms with E-state index in [2.05, 4.69) is 41.0 Å². The molecule has 0 spiro atoms. The van der Waals surface area contributed by atoms with Crippen molar-refractivity contribution < 1.29 is 40.3 Å². The lowest BCUT2D eigenvalue weighted by molar-refractivity contribution is -0.138. The van der Waals surface area contributed by atoms with E-state index in [4.69, 9.17) is 10.2 Å². The number of amides is 2. The van der Waals surface area contributed by atoms with Gasteiger partial charge in [0.15, 0.2) is 0 Å². The lowest BCUT2D eigenvalue weighted by Crippen LogP contribution is -2.17. The molecule has 0 aliphatic carbocycles. The quantitative estimate of drug-likeness (QED) is 0.0861. The maximum atomic E-state index is 11.6. The van der Waals surface area contributed by atoms with Crippen molar-refractivity contribution in [2.24, 2.45) is 10.2 Å². The van der Waals surface area contributed by atoms with E-state index in [1.807, 2.05) is 24.3 Å². The van der Waals surface area contributed by atoms with E-state index in [0.29, 0.717) is 35.4 Å². The van der Waals surface area contributed by atoms with E-state index in [1.165, 1.54) is 12.4 Å². The van der Waals surface area contributed by atoms with Crippen molar-refractivity contribution in [2.45, 2.75) is 44.9 Å². The monoisotopic (exact) mass is 676 g/mol. The molecule has 16 nitrogen and oxygen atoms in total. The molecule has 0 atom stereocenters. The summed E-state index contributed by atoms with van der Waals surface area (Å²) in [4.78, 5) is 59.1. The van der Waals surface area contributed by atoms with Gasteiger partial charge >= 0.3 is 11.9 Å². The van der Waals surface area contributed by atoms with Crippen molar-refractivity contribution in [2.75, 3.05) is 0 Å². The lowest BCUT2D eigenvalue weighted by Gasteiger charge is -1.97. The van der Waals surface area contributed by atoms with Gasteiger partial charge in [0, 0.05) is 61.1 Å². The number of nitrogens with one attached hydrogen (secondary N) is 2. The van der Waals surface area contributed by atoms with Crippen LogP contribution in [0.1, 0.15) is 77.0 Å². The summed E-state index contributed by atoms with van der Waals surface area (Å²) in [6.07, 6.45) is 17.0. The highest BCUT2D eigenvalue weighted by Gasteiger charge is 2.03. The first kappa shape index (κ1) is 42.7. The van der Waals surface area contributed by atoms with Crippen molar-refractivity contribution in [3.8, 4) is 0 Å². The number of rotatable bonds is 14. The van der Waals surface area contributed by atoms with Crippen molar-refractivity contribution in [1.82, 2.24) is 30.8 Å². The molecule has 0 radical (unpaired) electrons. The van der Waals surface area contributed by atoms with Gasteiger partial charge < -0.3 is 21.2 Å². The molecule has 4 aromatic heterocycles. The average Bonchev–Trinajstić information content (AvgIpc) is 3.10. The summed E-state index contributed by atoms with van der Waals surface area (Å²) in [6.45, 7) is 0. The molecule has 0 unspecified atom stereocenters. The number of aromatic nitrogens is 4. The summed E-state index contributed by atoms with van der Waals surface area (Å²) in [7, 11) is 0. The Balaban J connectivity index is 0.000000700. The minimum absolute atomic E-state index is 0.